The lowest BCUT2D eigenvalue weighted by Gasteiger charge is -2.18. The normalized spacial score (nSPS) is 10.1. The first-order valence-electron chi connectivity index (χ1n) is 7.42. The average Bonchev–Trinajstić information content (AvgIpc) is 2.50. The summed E-state index contributed by atoms with van der Waals surface area (Å²) in [4.78, 5) is 14.5. The molecule has 4 heteroatoms. The van der Waals surface area contributed by atoms with E-state index in [4.69, 9.17) is 5.73 Å². The van der Waals surface area contributed by atoms with Crippen LogP contribution in [0.15, 0.2) is 18.2 Å². The molecular formula is C17H25N3O. The third-order valence-electron chi connectivity index (χ3n) is 3.42. The van der Waals surface area contributed by atoms with Crippen LogP contribution in [0.2, 0.25) is 0 Å². The zero-order chi connectivity index (χ0) is 15.7. The number of hydrogen-bond acceptors (Lipinski definition) is 3. The largest absolute Gasteiger partial charge is 0.351 e. The zero-order valence-electron chi connectivity index (χ0n) is 13.2. The van der Waals surface area contributed by atoms with Gasteiger partial charge >= 0.3 is 0 Å². The molecule has 114 valence electrons. The number of benzene rings is 1. The van der Waals surface area contributed by atoms with Crippen molar-refractivity contribution in [2.45, 2.75) is 20.8 Å². The maximum Gasteiger partial charge on any atom is 0.251 e. The van der Waals surface area contributed by atoms with Gasteiger partial charge in [-0.05, 0) is 37.7 Å². The lowest BCUT2D eigenvalue weighted by atomic mass is 10.0. The highest BCUT2D eigenvalue weighted by atomic mass is 16.1. The Balaban J connectivity index is 2.68. The van der Waals surface area contributed by atoms with Crippen molar-refractivity contribution in [1.29, 1.82) is 0 Å². The number of nitrogens with zero attached hydrogens (tertiary/aromatic N) is 1. The molecule has 0 unspecified atom stereocenters. The van der Waals surface area contributed by atoms with E-state index >= 15 is 0 Å². The first kappa shape index (κ1) is 17.2. The molecule has 3 N–H and O–H groups in total. The number of aryl methyl sites for hydroxylation is 1. The van der Waals surface area contributed by atoms with Crippen LogP contribution < -0.4 is 11.1 Å². The Kier molecular flexibility index (Phi) is 7.52. The molecule has 0 radical (unpaired) electrons. The monoisotopic (exact) mass is 287 g/mol. The van der Waals surface area contributed by atoms with Crippen LogP contribution in [-0.4, -0.2) is 43.5 Å². The number of amides is 1. The standard InChI is InChI=1S/C17H25N3O/c1-4-20(5-2)12-11-19-17(21)16-13-15(7-6-10-18)9-8-14(16)3/h8-9,13H,4-5,10-12,18H2,1-3H3,(H,19,21). The van der Waals surface area contributed by atoms with Gasteiger partial charge in [-0.1, -0.05) is 31.8 Å². The van der Waals surface area contributed by atoms with Gasteiger partial charge in [0.15, 0.2) is 0 Å². The lowest BCUT2D eigenvalue weighted by molar-refractivity contribution is 0.0948. The first-order valence-corrected chi connectivity index (χ1v) is 7.42. The summed E-state index contributed by atoms with van der Waals surface area (Å²) in [6.45, 7) is 10.00. The fourth-order valence-corrected chi connectivity index (χ4v) is 2.06. The highest BCUT2D eigenvalue weighted by Crippen LogP contribution is 2.10. The zero-order valence-corrected chi connectivity index (χ0v) is 13.2. The van der Waals surface area contributed by atoms with Crippen molar-refractivity contribution in [2.24, 2.45) is 5.73 Å². The number of carbonyl (C=O) groups excluding carboxylic acids is 1. The molecule has 0 atom stereocenters. The second-order valence-electron chi connectivity index (χ2n) is 4.82. The molecule has 0 saturated heterocycles. The number of hydrogen-bond donors (Lipinski definition) is 2. The molecule has 21 heavy (non-hydrogen) atoms. The van der Waals surface area contributed by atoms with Gasteiger partial charge in [-0.3, -0.25) is 4.79 Å². The third-order valence-corrected chi connectivity index (χ3v) is 3.42. The minimum atomic E-state index is -0.0453. The Morgan fingerprint density at radius 2 is 2.05 bits per heavy atom. The maximum absolute atomic E-state index is 12.2. The summed E-state index contributed by atoms with van der Waals surface area (Å²) in [5.41, 5.74) is 7.82. The number of carbonyl (C=O) groups is 1. The topological polar surface area (TPSA) is 58.4 Å². The van der Waals surface area contributed by atoms with E-state index in [0.29, 0.717) is 18.7 Å². The van der Waals surface area contributed by atoms with Crippen LogP contribution in [0.1, 0.15) is 35.3 Å². The van der Waals surface area contributed by atoms with Gasteiger partial charge in [0.25, 0.3) is 5.91 Å². The second kappa shape index (κ2) is 9.17. The van der Waals surface area contributed by atoms with Gasteiger partial charge in [0, 0.05) is 24.2 Å². The molecule has 0 fully saturated rings. The number of nitrogens with one attached hydrogen (secondary N) is 1. The predicted molar refractivity (Wildman–Crippen MR) is 87.2 cm³/mol. The van der Waals surface area contributed by atoms with Gasteiger partial charge in [-0.15, -0.1) is 0 Å². The molecule has 0 aliphatic rings. The molecule has 0 heterocycles. The molecular weight excluding hydrogens is 262 g/mol. The van der Waals surface area contributed by atoms with Gasteiger partial charge in [0.2, 0.25) is 0 Å². The Labute approximate surface area is 127 Å². The molecule has 1 aromatic carbocycles. The molecule has 0 saturated carbocycles. The summed E-state index contributed by atoms with van der Waals surface area (Å²) >= 11 is 0. The summed E-state index contributed by atoms with van der Waals surface area (Å²) < 4.78 is 0. The van der Waals surface area contributed by atoms with Gasteiger partial charge < -0.3 is 16.0 Å². The third kappa shape index (κ3) is 5.58. The summed E-state index contributed by atoms with van der Waals surface area (Å²) in [6.07, 6.45) is 0. The van der Waals surface area contributed by atoms with Crippen molar-refractivity contribution >= 4 is 5.91 Å². The molecule has 0 aromatic heterocycles. The second-order valence-corrected chi connectivity index (χ2v) is 4.82. The molecule has 4 nitrogen and oxygen atoms in total. The minimum Gasteiger partial charge on any atom is -0.351 e. The summed E-state index contributed by atoms with van der Waals surface area (Å²) in [5.74, 6) is 5.71. The van der Waals surface area contributed by atoms with E-state index in [9.17, 15) is 4.79 Å². The fraction of sp³-hybridized carbons (Fsp3) is 0.471. The maximum atomic E-state index is 12.2. The van der Waals surface area contributed by atoms with E-state index in [0.717, 1.165) is 30.8 Å². The Hall–Kier alpha value is -1.83. The Bertz CT molecular complexity index is 525. The van der Waals surface area contributed by atoms with E-state index in [2.05, 4.69) is 35.9 Å². The van der Waals surface area contributed by atoms with Gasteiger partial charge in [0.05, 0.1) is 6.54 Å². The van der Waals surface area contributed by atoms with E-state index in [1.54, 1.807) is 0 Å². The van der Waals surface area contributed by atoms with Crippen LogP contribution in [0.25, 0.3) is 0 Å². The molecule has 0 aliphatic carbocycles. The summed E-state index contributed by atoms with van der Waals surface area (Å²) in [6, 6.07) is 5.65. The van der Waals surface area contributed by atoms with Crippen LogP contribution in [0.3, 0.4) is 0 Å². The summed E-state index contributed by atoms with van der Waals surface area (Å²) in [7, 11) is 0. The van der Waals surface area contributed by atoms with Gasteiger partial charge in [-0.25, -0.2) is 0 Å². The minimum absolute atomic E-state index is 0.0453. The van der Waals surface area contributed by atoms with Crippen LogP contribution in [-0.2, 0) is 0 Å². The average molecular weight is 287 g/mol. The number of likely N-dealkylation sites (N-methyl/N-ethyl adjacent to an activating group) is 1. The summed E-state index contributed by atoms with van der Waals surface area (Å²) in [5, 5.41) is 2.97. The Morgan fingerprint density at radius 3 is 2.67 bits per heavy atom. The van der Waals surface area contributed by atoms with Crippen LogP contribution >= 0.6 is 0 Å². The van der Waals surface area contributed by atoms with E-state index < -0.39 is 0 Å². The molecule has 1 aromatic rings. The lowest BCUT2D eigenvalue weighted by Crippen LogP contribution is -2.35. The highest BCUT2D eigenvalue weighted by Gasteiger charge is 2.09. The van der Waals surface area contributed by atoms with Crippen molar-refractivity contribution in [2.75, 3.05) is 32.7 Å². The van der Waals surface area contributed by atoms with E-state index in [1.807, 2.05) is 25.1 Å². The van der Waals surface area contributed by atoms with Crippen LogP contribution in [0.5, 0.6) is 0 Å². The quantitative estimate of drug-likeness (QED) is 0.777. The van der Waals surface area contributed by atoms with Gasteiger partial charge in [-0.2, -0.15) is 0 Å². The van der Waals surface area contributed by atoms with E-state index in [1.165, 1.54) is 0 Å². The molecule has 1 rings (SSSR count). The molecule has 0 aliphatic heterocycles. The molecule has 0 spiro atoms. The molecule has 1 amide bonds. The molecule has 0 bridgehead atoms. The van der Waals surface area contributed by atoms with E-state index in [-0.39, 0.29) is 5.91 Å². The van der Waals surface area contributed by atoms with Crippen molar-refractivity contribution in [3.05, 3.63) is 34.9 Å². The Morgan fingerprint density at radius 1 is 1.33 bits per heavy atom. The van der Waals surface area contributed by atoms with Crippen molar-refractivity contribution in [1.82, 2.24) is 10.2 Å². The number of rotatable bonds is 6. The van der Waals surface area contributed by atoms with Gasteiger partial charge in [0.1, 0.15) is 0 Å². The van der Waals surface area contributed by atoms with Crippen molar-refractivity contribution < 1.29 is 4.79 Å². The number of nitrogens with two attached hydrogens (primary N) is 1. The van der Waals surface area contributed by atoms with Crippen LogP contribution in [0.4, 0.5) is 0 Å². The first-order chi connectivity index (χ1) is 10.1. The SMILES string of the molecule is CCN(CC)CCNC(=O)c1cc(C#CCN)ccc1C. The van der Waals surface area contributed by atoms with Crippen LogP contribution in [0, 0.1) is 18.8 Å². The van der Waals surface area contributed by atoms with Crippen molar-refractivity contribution in [3.63, 3.8) is 0 Å². The highest BCUT2D eigenvalue weighted by molar-refractivity contribution is 5.96. The smallest absolute Gasteiger partial charge is 0.251 e. The van der Waals surface area contributed by atoms with Crippen molar-refractivity contribution in [3.8, 4) is 11.8 Å². The fourth-order valence-electron chi connectivity index (χ4n) is 2.06. The predicted octanol–water partition coefficient (Wildman–Crippen LogP) is 1.38.